The van der Waals surface area contributed by atoms with Crippen molar-refractivity contribution in [2.45, 2.75) is 19.1 Å². The lowest BCUT2D eigenvalue weighted by atomic mass is 9.95. The summed E-state index contributed by atoms with van der Waals surface area (Å²) < 4.78 is 37.0. The van der Waals surface area contributed by atoms with Crippen LogP contribution in [0.4, 0.5) is 13.2 Å². The summed E-state index contributed by atoms with van der Waals surface area (Å²) in [5.74, 6) is -1.10. The van der Waals surface area contributed by atoms with Gasteiger partial charge in [0.1, 0.15) is 0 Å². The quantitative estimate of drug-likeness (QED) is 0.886. The van der Waals surface area contributed by atoms with Crippen LogP contribution >= 0.6 is 0 Å². The monoisotopic (exact) mass is 259 g/mol. The van der Waals surface area contributed by atoms with Gasteiger partial charge in [-0.1, -0.05) is 12.1 Å². The lowest BCUT2D eigenvalue weighted by molar-refractivity contribution is -0.147. The molecule has 1 aromatic carbocycles. The Morgan fingerprint density at radius 1 is 1.39 bits per heavy atom. The van der Waals surface area contributed by atoms with Crippen LogP contribution in [-0.4, -0.2) is 35.2 Å². The average molecular weight is 259 g/mol. The minimum absolute atomic E-state index is 0.0390. The van der Waals surface area contributed by atoms with Gasteiger partial charge in [0.2, 0.25) is 0 Å². The summed E-state index contributed by atoms with van der Waals surface area (Å²) in [6, 6.07) is 4.83. The fourth-order valence-corrected chi connectivity index (χ4v) is 2.23. The molecule has 0 spiro atoms. The number of hydrogen-bond donors (Lipinski definition) is 1. The number of carboxylic acid groups (broad SMARTS) is 1. The molecule has 0 amide bonds. The molecule has 0 aromatic heterocycles. The number of benzene rings is 1. The van der Waals surface area contributed by atoms with Gasteiger partial charge in [-0.3, -0.25) is 4.90 Å². The van der Waals surface area contributed by atoms with E-state index >= 15 is 0 Å². The molecule has 18 heavy (non-hydrogen) atoms. The lowest BCUT2D eigenvalue weighted by Gasteiger charge is -2.30. The number of fused-ring (bicyclic) bond motifs is 1. The Morgan fingerprint density at radius 2 is 2.11 bits per heavy atom. The first-order valence-corrected chi connectivity index (χ1v) is 5.50. The molecule has 1 aromatic rings. The van der Waals surface area contributed by atoms with Crippen molar-refractivity contribution in [1.82, 2.24) is 4.90 Å². The molecule has 6 heteroatoms. The van der Waals surface area contributed by atoms with Crippen molar-refractivity contribution >= 4 is 5.97 Å². The summed E-state index contributed by atoms with van der Waals surface area (Å²) in [6.07, 6.45) is -3.80. The highest BCUT2D eigenvalue weighted by Gasteiger charge is 2.32. The van der Waals surface area contributed by atoms with Crippen molar-refractivity contribution < 1.29 is 23.1 Å². The van der Waals surface area contributed by atoms with E-state index in [1.165, 1.54) is 11.0 Å². The fourth-order valence-electron chi connectivity index (χ4n) is 2.23. The van der Waals surface area contributed by atoms with Gasteiger partial charge in [-0.2, -0.15) is 13.2 Å². The Bertz CT molecular complexity index is 471. The largest absolute Gasteiger partial charge is 0.478 e. The second-order valence-electron chi connectivity index (χ2n) is 4.32. The first-order valence-electron chi connectivity index (χ1n) is 5.50. The predicted molar refractivity (Wildman–Crippen MR) is 58.4 cm³/mol. The highest BCUT2D eigenvalue weighted by molar-refractivity contribution is 5.89. The van der Waals surface area contributed by atoms with Gasteiger partial charge in [0.05, 0.1) is 12.1 Å². The number of alkyl halides is 3. The SMILES string of the molecule is O=C(O)c1cccc2c1CN(CC(F)(F)F)CC2. The van der Waals surface area contributed by atoms with E-state index in [0.29, 0.717) is 18.5 Å². The maximum Gasteiger partial charge on any atom is 0.401 e. The van der Waals surface area contributed by atoms with Crippen molar-refractivity contribution in [2.75, 3.05) is 13.1 Å². The summed E-state index contributed by atoms with van der Waals surface area (Å²) in [5.41, 5.74) is 1.42. The van der Waals surface area contributed by atoms with Gasteiger partial charge in [0, 0.05) is 13.1 Å². The van der Waals surface area contributed by atoms with Gasteiger partial charge < -0.3 is 5.11 Å². The molecule has 1 heterocycles. The van der Waals surface area contributed by atoms with Crippen molar-refractivity contribution in [3.05, 3.63) is 34.9 Å². The molecule has 0 atom stereocenters. The van der Waals surface area contributed by atoms with Gasteiger partial charge in [0.15, 0.2) is 0 Å². The van der Waals surface area contributed by atoms with E-state index in [-0.39, 0.29) is 12.1 Å². The molecule has 1 N–H and O–H groups in total. The maximum absolute atomic E-state index is 12.3. The Morgan fingerprint density at radius 3 is 2.72 bits per heavy atom. The van der Waals surface area contributed by atoms with E-state index in [1.807, 2.05) is 0 Å². The van der Waals surface area contributed by atoms with Crippen molar-refractivity contribution in [1.29, 1.82) is 0 Å². The number of halogens is 3. The topological polar surface area (TPSA) is 40.5 Å². The van der Waals surface area contributed by atoms with Crippen LogP contribution < -0.4 is 0 Å². The highest BCUT2D eigenvalue weighted by Crippen LogP contribution is 2.25. The van der Waals surface area contributed by atoms with E-state index in [0.717, 1.165) is 5.56 Å². The highest BCUT2D eigenvalue weighted by atomic mass is 19.4. The van der Waals surface area contributed by atoms with Crippen LogP contribution in [0.5, 0.6) is 0 Å². The number of rotatable bonds is 2. The van der Waals surface area contributed by atoms with E-state index in [2.05, 4.69) is 0 Å². The van der Waals surface area contributed by atoms with E-state index in [9.17, 15) is 18.0 Å². The third-order valence-corrected chi connectivity index (χ3v) is 2.99. The van der Waals surface area contributed by atoms with Crippen LogP contribution in [0.25, 0.3) is 0 Å². The molecule has 1 aliphatic heterocycles. The third kappa shape index (κ3) is 2.81. The van der Waals surface area contributed by atoms with E-state index in [1.54, 1.807) is 12.1 Å². The van der Waals surface area contributed by atoms with E-state index < -0.39 is 18.7 Å². The number of carbonyl (C=O) groups is 1. The molecule has 1 aliphatic rings. The Kier molecular flexibility index (Phi) is 3.30. The summed E-state index contributed by atoms with van der Waals surface area (Å²) in [6.45, 7) is -0.659. The molecule has 0 saturated heterocycles. The Hall–Kier alpha value is -1.56. The average Bonchev–Trinajstić information content (AvgIpc) is 2.25. The second kappa shape index (κ2) is 4.61. The van der Waals surface area contributed by atoms with Crippen LogP contribution in [-0.2, 0) is 13.0 Å². The van der Waals surface area contributed by atoms with Crippen LogP contribution in [0, 0.1) is 0 Å². The second-order valence-corrected chi connectivity index (χ2v) is 4.32. The molecule has 3 nitrogen and oxygen atoms in total. The van der Waals surface area contributed by atoms with Gasteiger partial charge in [0.25, 0.3) is 0 Å². The van der Waals surface area contributed by atoms with Gasteiger partial charge in [-0.05, 0) is 23.6 Å². The smallest absolute Gasteiger partial charge is 0.401 e. The molecule has 0 bridgehead atoms. The van der Waals surface area contributed by atoms with Gasteiger partial charge in [-0.15, -0.1) is 0 Å². The number of carboxylic acids is 1. The minimum atomic E-state index is -4.25. The first kappa shape index (κ1) is 12.9. The summed E-state index contributed by atoms with van der Waals surface area (Å²) in [4.78, 5) is 12.3. The lowest BCUT2D eigenvalue weighted by Crippen LogP contribution is -2.38. The van der Waals surface area contributed by atoms with Crippen LogP contribution in [0.1, 0.15) is 21.5 Å². The summed E-state index contributed by atoms with van der Waals surface area (Å²) >= 11 is 0. The van der Waals surface area contributed by atoms with Gasteiger partial charge >= 0.3 is 12.1 Å². The normalized spacial score (nSPS) is 16.4. The zero-order valence-electron chi connectivity index (χ0n) is 9.50. The molecule has 0 aliphatic carbocycles. The molecule has 0 fully saturated rings. The van der Waals surface area contributed by atoms with Crippen LogP contribution in [0.15, 0.2) is 18.2 Å². The summed E-state index contributed by atoms with van der Waals surface area (Å²) in [7, 11) is 0. The number of hydrogen-bond acceptors (Lipinski definition) is 2. The Balaban J connectivity index is 2.24. The molecular weight excluding hydrogens is 247 g/mol. The molecule has 0 saturated carbocycles. The van der Waals surface area contributed by atoms with E-state index in [4.69, 9.17) is 5.11 Å². The maximum atomic E-state index is 12.3. The summed E-state index contributed by atoms with van der Waals surface area (Å²) in [5, 5.41) is 9.02. The van der Waals surface area contributed by atoms with Gasteiger partial charge in [-0.25, -0.2) is 4.79 Å². The van der Waals surface area contributed by atoms with Crippen LogP contribution in [0.3, 0.4) is 0 Å². The number of nitrogens with zero attached hydrogens (tertiary/aromatic N) is 1. The fraction of sp³-hybridized carbons (Fsp3) is 0.417. The molecule has 98 valence electrons. The predicted octanol–water partition coefficient (Wildman–Crippen LogP) is 2.31. The molecule has 0 radical (unpaired) electrons. The van der Waals surface area contributed by atoms with Crippen molar-refractivity contribution in [3.8, 4) is 0 Å². The third-order valence-electron chi connectivity index (χ3n) is 2.99. The van der Waals surface area contributed by atoms with Crippen LogP contribution in [0.2, 0.25) is 0 Å². The standard InChI is InChI=1S/C12H12F3NO2/c13-12(14,15)7-16-5-4-8-2-1-3-9(11(17)18)10(8)6-16/h1-3H,4-7H2,(H,17,18). The van der Waals surface area contributed by atoms with Crippen molar-refractivity contribution in [3.63, 3.8) is 0 Å². The van der Waals surface area contributed by atoms with Crippen molar-refractivity contribution in [2.24, 2.45) is 0 Å². The molecule has 2 rings (SSSR count). The zero-order chi connectivity index (χ0) is 13.3. The molecule has 0 unspecified atom stereocenters. The first-order chi connectivity index (χ1) is 8.37. The number of aromatic carboxylic acids is 1. The zero-order valence-corrected chi connectivity index (χ0v) is 9.50. The Labute approximate surface area is 102 Å². The minimum Gasteiger partial charge on any atom is -0.478 e. The molecular formula is C12H12F3NO2.